The number of hydrogen-bond acceptors (Lipinski definition) is 4. The fraction of sp³-hybridized carbons (Fsp3) is 0.250. The van der Waals surface area contributed by atoms with Gasteiger partial charge in [0.25, 0.3) is 5.56 Å². The minimum absolute atomic E-state index is 0.137. The monoisotopic (exact) mass is 170 g/mol. The fourth-order valence-corrected chi connectivity index (χ4v) is 1.24. The summed E-state index contributed by atoms with van der Waals surface area (Å²) in [5.74, 6) is -0.137. The van der Waals surface area contributed by atoms with Crippen molar-refractivity contribution in [3.05, 3.63) is 20.8 Å². The van der Waals surface area contributed by atoms with E-state index >= 15 is 0 Å². The van der Waals surface area contributed by atoms with Crippen molar-refractivity contribution in [3.8, 4) is 0 Å². The van der Waals surface area contributed by atoms with Crippen LogP contribution in [0.5, 0.6) is 0 Å². The van der Waals surface area contributed by atoms with Crippen LogP contribution in [0.15, 0.2) is 9.59 Å². The Kier molecular flexibility index (Phi) is 1.85. The van der Waals surface area contributed by atoms with E-state index in [9.17, 15) is 9.59 Å². The van der Waals surface area contributed by atoms with Gasteiger partial charge < -0.3 is 9.40 Å². The molecule has 0 amide bonds. The quantitative estimate of drug-likeness (QED) is 0.418. The molecule has 7 heteroatoms. The average molecular weight is 170 g/mol. The van der Waals surface area contributed by atoms with Crippen molar-refractivity contribution in [2.45, 2.75) is 0 Å². The third-order valence-electron chi connectivity index (χ3n) is 1.35. The number of anilines is 1. The molecule has 0 aliphatic carbocycles. The van der Waals surface area contributed by atoms with E-state index < -0.39 is 11.2 Å². The molecule has 1 aromatic heterocycles. The van der Waals surface area contributed by atoms with E-state index in [0.717, 1.165) is 8.23 Å². The number of aromatic nitrogens is 3. The molecular formula is C4H7AlN4O2. The minimum atomic E-state index is -0.540. The molecule has 0 unspecified atom stereocenters. The normalized spacial score (nSPS) is 9.91. The zero-order valence-electron chi connectivity index (χ0n) is 6.24. The van der Waals surface area contributed by atoms with Crippen molar-refractivity contribution < 1.29 is 0 Å². The fourth-order valence-electron chi connectivity index (χ4n) is 0.723. The highest BCUT2D eigenvalue weighted by atomic mass is 27.1. The summed E-state index contributed by atoms with van der Waals surface area (Å²) in [6, 6.07) is 0. The van der Waals surface area contributed by atoms with E-state index in [1.807, 2.05) is 0 Å². The lowest BCUT2D eigenvalue weighted by molar-refractivity contribution is 0.702. The molecule has 1 aromatic rings. The van der Waals surface area contributed by atoms with E-state index in [1.165, 1.54) is 7.05 Å². The predicted octanol–water partition coefficient (Wildman–Crippen LogP) is -3.08. The van der Waals surface area contributed by atoms with Gasteiger partial charge in [0.15, 0.2) is 0 Å². The lowest BCUT2D eigenvalue weighted by Crippen LogP contribution is -2.40. The van der Waals surface area contributed by atoms with Crippen LogP contribution in [0.4, 0.5) is 5.82 Å². The van der Waals surface area contributed by atoms with Gasteiger partial charge in [-0.25, -0.2) is 4.79 Å². The highest BCUT2D eigenvalue weighted by Gasteiger charge is 2.02. The Morgan fingerprint density at radius 2 is 2.09 bits per heavy atom. The number of nitrogen functional groups attached to an aromatic ring is 1. The molecule has 2 N–H and O–H groups in total. The van der Waals surface area contributed by atoms with Gasteiger partial charge >= 0.3 is 22.2 Å². The van der Waals surface area contributed by atoms with Crippen LogP contribution in [0.1, 0.15) is 0 Å². The van der Waals surface area contributed by atoms with Gasteiger partial charge in [-0.3, -0.25) is 9.36 Å². The maximum atomic E-state index is 11.0. The smallest absolute Gasteiger partial charge is 0.378 e. The van der Waals surface area contributed by atoms with Crippen molar-refractivity contribution in [2.75, 3.05) is 5.73 Å². The zero-order valence-corrected chi connectivity index (χ0v) is 8.24. The molecule has 0 aromatic carbocycles. The van der Waals surface area contributed by atoms with Crippen molar-refractivity contribution in [3.63, 3.8) is 0 Å². The molecule has 0 atom stereocenters. The van der Waals surface area contributed by atoms with Crippen molar-refractivity contribution in [2.24, 2.45) is 7.05 Å². The number of nitrogens with two attached hydrogens (primary N) is 1. The van der Waals surface area contributed by atoms with E-state index in [2.05, 4.69) is 5.10 Å². The Labute approximate surface area is 69.9 Å². The summed E-state index contributed by atoms with van der Waals surface area (Å²) in [5, 5.41) is 3.54. The maximum Gasteiger partial charge on any atom is 0.406 e. The highest BCUT2D eigenvalue weighted by Crippen LogP contribution is 1.74. The molecule has 0 spiro atoms. The Morgan fingerprint density at radius 1 is 1.55 bits per heavy atom. The minimum Gasteiger partial charge on any atom is -0.378 e. The lowest BCUT2D eigenvalue weighted by Gasteiger charge is -2.01. The van der Waals surface area contributed by atoms with Crippen LogP contribution in [0.3, 0.4) is 0 Å². The first-order chi connectivity index (χ1) is 5.04. The molecule has 11 heavy (non-hydrogen) atoms. The van der Waals surface area contributed by atoms with E-state index in [4.69, 9.17) is 5.73 Å². The summed E-state index contributed by atoms with van der Waals surface area (Å²) < 4.78 is 2.09. The van der Waals surface area contributed by atoms with Gasteiger partial charge in [-0.1, -0.05) is 0 Å². The van der Waals surface area contributed by atoms with Gasteiger partial charge in [0, 0.05) is 7.05 Å². The van der Waals surface area contributed by atoms with Crippen LogP contribution < -0.4 is 17.0 Å². The zero-order chi connectivity index (χ0) is 8.59. The van der Waals surface area contributed by atoms with E-state index in [0.29, 0.717) is 16.5 Å². The molecule has 0 radical (unpaired) electrons. The van der Waals surface area contributed by atoms with Crippen molar-refractivity contribution in [1.29, 1.82) is 0 Å². The molecule has 0 saturated carbocycles. The summed E-state index contributed by atoms with van der Waals surface area (Å²) in [5.41, 5.74) is 4.25. The maximum absolute atomic E-state index is 11.0. The number of hydrogen-bond donors (Lipinski definition) is 1. The Hall–Kier alpha value is -1.06. The van der Waals surface area contributed by atoms with Crippen LogP contribution in [0.2, 0.25) is 0 Å². The van der Waals surface area contributed by atoms with E-state index in [-0.39, 0.29) is 5.82 Å². The molecule has 6 nitrogen and oxygen atoms in total. The van der Waals surface area contributed by atoms with Gasteiger partial charge in [-0.05, 0) is 0 Å². The Bertz CT molecular complexity index is 358. The topological polar surface area (TPSA) is 82.9 Å². The molecule has 0 fully saturated rings. The van der Waals surface area contributed by atoms with Crippen molar-refractivity contribution in [1.82, 2.24) is 13.3 Å². The molecule has 0 aliphatic rings. The average Bonchev–Trinajstić information content (AvgIpc) is 1.97. The van der Waals surface area contributed by atoms with Gasteiger partial charge in [0.2, 0.25) is 5.82 Å². The highest BCUT2D eigenvalue weighted by molar-refractivity contribution is 6.05. The Balaban J connectivity index is 3.74. The predicted molar refractivity (Wildman–Crippen MR) is 42.1 cm³/mol. The second-order valence-electron chi connectivity index (χ2n) is 2.16. The van der Waals surface area contributed by atoms with Crippen LogP contribution >= 0.6 is 0 Å². The number of rotatable bonds is 0. The molecular weight excluding hydrogens is 163 g/mol. The molecule has 0 bridgehead atoms. The molecule has 0 saturated heterocycles. The molecule has 0 aliphatic heterocycles. The number of nitrogens with zero attached hydrogens (tertiary/aromatic N) is 3. The summed E-state index contributed by atoms with van der Waals surface area (Å²) >= 11 is 0.425. The van der Waals surface area contributed by atoms with Gasteiger partial charge in [0.05, 0.1) is 0 Å². The third-order valence-corrected chi connectivity index (χ3v) is 1.93. The summed E-state index contributed by atoms with van der Waals surface area (Å²) in [6.45, 7) is 0. The second kappa shape index (κ2) is 2.53. The van der Waals surface area contributed by atoms with Gasteiger partial charge in [0.1, 0.15) is 0 Å². The lowest BCUT2D eigenvalue weighted by atomic mass is 10.7. The van der Waals surface area contributed by atoms with Crippen LogP contribution in [-0.4, -0.2) is 29.8 Å². The summed E-state index contributed by atoms with van der Waals surface area (Å²) in [4.78, 5) is 21.9. The Morgan fingerprint density at radius 3 is 2.64 bits per heavy atom. The van der Waals surface area contributed by atoms with Crippen LogP contribution in [0.25, 0.3) is 0 Å². The molecule has 58 valence electrons. The first-order valence-electron chi connectivity index (χ1n) is 2.94. The molecule has 1 rings (SSSR count). The van der Waals surface area contributed by atoms with Gasteiger partial charge in [-0.15, -0.1) is 0 Å². The van der Waals surface area contributed by atoms with Crippen LogP contribution in [-0.2, 0) is 7.05 Å². The standard InChI is InChI=1S/C4H6N4O2.Al.2H/c1-8-3(9)2(5)6-7-4(8)10;;;/h1H3,(H3,5,6,7,9,10);;;/q;+1;;/p-1. The first-order valence-corrected chi connectivity index (χ1v) is 3.83. The largest absolute Gasteiger partial charge is 0.406 e. The van der Waals surface area contributed by atoms with Gasteiger partial charge in [-0.2, -0.15) is 5.10 Å². The van der Waals surface area contributed by atoms with Crippen LogP contribution in [0, 0.1) is 0 Å². The third kappa shape index (κ3) is 1.20. The molecule has 1 heterocycles. The first kappa shape index (κ1) is 8.04. The second-order valence-corrected chi connectivity index (χ2v) is 3.00. The van der Waals surface area contributed by atoms with Crippen molar-refractivity contribution >= 4 is 22.3 Å². The SMILES string of the molecule is Cn1c(=O)c(N)n[n]([AlH2])c1=O. The van der Waals surface area contributed by atoms with E-state index in [1.54, 1.807) is 0 Å². The summed E-state index contributed by atoms with van der Waals surface area (Å²) in [7, 11) is 1.37. The summed E-state index contributed by atoms with van der Waals surface area (Å²) in [6.07, 6.45) is 0.